The standard InChI is InChI=1S/C22H18N4O4S/c1-12-19(21(29)26(24-12)22-23-14-7-3-6-10-17(14)31-22)13-11-18(27)25(20(13)28)15-8-4-5-9-16(15)30-2/h3-10,13,24H,11H2,1-2H3. The zero-order valence-corrected chi connectivity index (χ0v) is 17.6. The van der Waals surface area contributed by atoms with Crippen LogP contribution in [-0.2, 0) is 9.59 Å². The second-order valence-electron chi connectivity index (χ2n) is 7.25. The van der Waals surface area contributed by atoms with Gasteiger partial charge in [-0.05, 0) is 31.2 Å². The number of aromatic nitrogens is 3. The van der Waals surface area contributed by atoms with E-state index in [1.807, 2.05) is 24.3 Å². The predicted octanol–water partition coefficient (Wildman–Crippen LogP) is 3.14. The number of imide groups is 1. The molecule has 0 bridgehead atoms. The molecular weight excluding hydrogens is 416 g/mol. The van der Waals surface area contributed by atoms with Crippen molar-refractivity contribution in [3.05, 3.63) is 70.1 Å². The van der Waals surface area contributed by atoms with E-state index in [2.05, 4.69) is 10.1 Å². The third-order valence-electron chi connectivity index (χ3n) is 5.41. The number of nitrogens with zero attached hydrogens (tertiary/aromatic N) is 3. The second kappa shape index (κ2) is 7.21. The summed E-state index contributed by atoms with van der Waals surface area (Å²) in [6.45, 7) is 1.73. The van der Waals surface area contributed by atoms with Crippen LogP contribution >= 0.6 is 11.3 Å². The number of amides is 2. The number of methoxy groups -OCH3 is 1. The molecule has 2 aromatic heterocycles. The highest BCUT2D eigenvalue weighted by Gasteiger charge is 2.44. The number of fused-ring (bicyclic) bond motifs is 1. The molecule has 1 atom stereocenters. The van der Waals surface area contributed by atoms with E-state index in [0.29, 0.717) is 22.3 Å². The number of carbonyl (C=O) groups excluding carboxylic acids is 2. The van der Waals surface area contributed by atoms with Gasteiger partial charge >= 0.3 is 0 Å². The number of hydrogen-bond acceptors (Lipinski definition) is 6. The molecule has 2 aromatic carbocycles. The molecule has 0 radical (unpaired) electrons. The fourth-order valence-corrected chi connectivity index (χ4v) is 4.91. The quantitative estimate of drug-likeness (QED) is 0.498. The van der Waals surface area contributed by atoms with Gasteiger partial charge in [0.25, 0.3) is 5.56 Å². The van der Waals surface area contributed by atoms with Crippen molar-refractivity contribution in [1.29, 1.82) is 0 Å². The van der Waals surface area contributed by atoms with Gasteiger partial charge in [0, 0.05) is 12.1 Å². The van der Waals surface area contributed by atoms with Crippen molar-refractivity contribution in [3.63, 3.8) is 0 Å². The van der Waals surface area contributed by atoms with Crippen LogP contribution < -0.4 is 15.2 Å². The number of hydrogen-bond donors (Lipinski definition) is 1. The SMILES string of the molecule is COc1ccccc1N1C(=O)CC(c2c(C)[nH]n(-c3nc4ccccc4s3)c2=O)C1=O. The number of benzene rings is 2. The molecule has 2 amide bonds. The maximum Gasteiger partial charge on any atom is 0.277 e. The Hall–Kier alpha value is -3.72. The molecule has 1 saturated heterocycles. The van der Waals surface area contributed by atoms with Crippen LogP contribution in [0.2, 0.25) is 0 Å². The lowest BCUT2D eigenvalue weighted by Crippen LogP contribution is -2.31. The van der Waals surface area contributed by atoms with Crippen LogP contribution in [-0.4, -0.2) is 33.7 Å². The Morgan fingerprint density at radius 2 is 1.84 bits per heavy atom. The second-order valence-corrected chi connectivity index (χ2v) is 8.26. The number of anilines is 1. The van der Waals surface area contributed by atoms with Gasteiger partial charge in [0.2, 0.25) is 16.9 Å². The normalized spacial score (nSPS) is 16.5. The maximum atomic E-state index is 13.3. The van der Waals surface area contributed by atoms with E-state index in [1.165, 1.54) is 23.1 Å². The van der Waals surface area contributed by atoms with Crippen LogP contribution in [0.25, 0.3) is 15.3 Å². The first kappa shape index (κ1) is 19.3. The Bertz CT molecular complexity index is 1370. The number of aryl methyl sites for hydroxylation is 1. The van der Waals surface area contributed by atoms with Gasteiger partial charge in [0.05, 0.1) is 34.5 Å². The number of H-pyrrole nitrogens is 1. The van der Waals surface area contributed by atoms with Crippen molar-refractivity contribution >= 4 is 39.1 Å². The molecule has 156 valence electrons. The molecule has 5 rings (SSSR count). The highest BCUT2D eigenvalue weighted by Crippen LogP contribution is 2.37. The first-order valence-corrected chi connectivity index (χ1v) is 10.5. The summed E-state index contributed by atoms with van der Waals surface area (Å²) in [5, 5.41) is 3.51. The Morgan fingerprint density at radius 3 is 2.61 bits per heavy atom. The van der Waals surface area contributed by atoms with Crippen LogP contribution in [0.1, 0.15) is 23.6 Å². The number of carbonyl (C=O) groups is 2. The van der Waals surface area contributed by atoms with E-state index in [-0.39, 0.29) is 23.5 Å². The molecule has 9 heteroatoms. The first-order valence-electron chi connectivity index (χ1n) is 9.67. The number of para-hydroxylation sites is 3. The third kappa shape index (κ3) is 2.97. The van der Waals surface area contributed by atoms with Gasteiger partial charge in [0.15, 0.2) is 0 Å². The van der Waals surface area contributed by atoms with Gasteiger partial charge < -0.3 is 4.74 Å². The van der Waals surface area contributed by atoms with Crippen molar-refractivity contribution in [3.8, 4) is 10.9 Å². The van der Waals surface area contributed by atoms with Crippen LogP contribution in [0.15, 0.2) is 53.3 Å². The summed E-state index contributed by atoms with van der Waals surface area (Å²) < 4.78 is 7.61. The average molecular weight is 434 g/mol. The van der Waals surface area contributed by atoms with Gasteiger partial charge in [0.1, 0.15) is 5.75 Å². The van der Waals surface area contributed by atoms with Crippen molar-refractivity contribution < 1.29 is 14.3 Å². The molecule has 8 nitrogen and oxygen atoms in total. The van der Waals surface area contributed by atoms with E-state index in [4.69, 9.17) is 4.74 Å². The van der Waals surface area contributed by atoms with Crippen LogP contribution in [0.5, 0.6) is 5.75 Å². The Labute approximate surface area is 180 Å². The zero-order chi connectivity index (χ0) is 21.7. The van der Waals surface area contributed by atoms with Crippen molar-refractivity contribution in [2.24, 2.45) is 0 Å². The van der Waals surface area contributed by atoms with E-state index in [1.54, 1.807) is 31.2 Å². The third-order valence-corrected chi connectivity index (χ3v) is 6.43. The minimum absolute atomic E-state index is 0.0787. The topological polar surface area (TPSA) is 97.3 Å². The first-order chi connectivity index (χ1) is 15.0. The summed E-state index contributed by atoms with van der Waals surface area (Å²) in [7, 11) is 1.48. The molecular formula is C22H18N4O4S. The fourth-order valence-electron chi connectivity index (χ4n) is 3.99. The van der Waals surface area contributed by atoms with E-state index >= 15 is 0 Å². The highest BCUT2D eigenvalue weighted by atomic mass is 32.1. The van der Waals surface area contributed by atoms with Crippen molar-refractivity contribution in [2.75, 3.05) is 12.0 Å². The molecule has 31 heavy (non-hydrogen) atoms. The maximum absolute atomic E-state index is 13.3. The van der Waals surface area contributed by atoms with Gasteiger partial charge in [-0.3, -0.25) is 19.5 Å². The molecule has 4 aromatic rings. The number of aromatic amines is 1. The van der Waals surface area contributed by atoms with E-state index in [0.717, 1.165) is 15.1 Å². The van der Waals surface area contributed by atoms with Crippen LogP contribution in [0.4, 0.5) is 5.69 Å². The summed E-state index contributed by atoms with van der Waals surface area (Å²) in [5.74, 6) is -1.25. The lowest BCUT2D eigenvalue weighted by Gasteiger charge is -2.17. The van der Waals surface area contributed by atoms with Crippen LogP contribution in [0.3, 0.4) is 0 Å². The van der Waals surface area contributed by atoms with Gasteiger partial charge in [-0.1, -0.05) is 35.6 Å². The summed E-state index contributed by atoms with van der Waals surface area (Å²) in [5.41, 5.74) is 1.62. The Kier molecular flexibility index (Phi) is 4.48. The largest absolute Gasteiger partial charge is 0.495 e. The van der Waals surface area contributed by atoms with Gasteiger partial charge in [-0.25, -0.2) is 9.88 Å². The molecule has 1 unspecified atom stereocenters. The monoisotopic (exact) mass is 434 g/mol. The molecule has 0 saturated carbocycles. The fraction of sp³-hybridized carbons (Fsp3) is 0.182. The Balaban J connectivity index is 1.56. The smallest absolute Gasteiger partial charge is 0.277 e. The lowest BCUT2D eigenvalue weighted by atomic mass is 9.98. The number of nitrogens with one attached hydrogen (secondary N) is 1. The molecule has 1 N–H and O–H groups in total. The molecule has 0 aliphatic carbocycles. The summed E-state index contributed by atoms with van der Waals surface area (Å²) in [6, 6.07) is 14.4. The molecule has 1 fully saturated rings. The van der Waals surface area contributed by atoms with Gasteiger partial charge in [-0.15, -0.1) is 0 Å². The lowest BCUT2D eigenvalue weighted by molar-refractivity contribution is -0.121. The van der Waals surface area contributed by atoms with Gasteiger partial charge in [-0.2, -0.15) is 4.68 Å². The summed E-state index contributed by atoms with van der Waals surface area (Å²) in [4.78, 5) is 44.9. The molecule has 0 spiro atoms. The summed E-state index contributed by atoms with van der Waals surface area (Å²) >= 11 is 1.37. The summed E-state index contributed by atoms with van der Waals surface area (Å²) in [6.07, 6.45) is -0.0787. The molecule has 1 aliphatic heterocycles. The minimum Gasteiger partial charge on any atom is -0.495 e. The predicted molar refractivity (Wildman–Crippen MR) is 117 cm³/mol. The number of thiazole rings is 1. The van der Waals surface area contributed by atoms with E-state index in [9.17, 15) is 14.4 Å². The van der Waals surface area contributed by atoms with Crippen molar-refractivity contribution in [1.82, 2.24) is 14.8 Å². The van der Waals surface area contributed by atoms with Crippen molar-refractivity contribution in [2.45, 2.75) is 19.3 Å². The van der Waals surface area contributed by atoms with E-state index < -0.39 is 11.8 Å². The molecule has 1 aliphatic rings. The molecule has 3 heterocycles. The highest BCUT2D eigenvalue weighted by molar-refractivity contribution is 7.20. The number of rotatable bonds is 4. The number of ether oxygens (including phenoxy) is 1. The average Bonchev–Trinajstić information content (AvgIpc) is 3.41. The van der Waals surface area contributed by atoms with Crippen LogP contribution in [0, 0.1) is 6.92 Å². The minimum atomic E-state index is -0.864. The Morgan fingerprint density at radius 1 is 1.10 bits per heavy atom. The zero-order valence-electron chi connectivity index (χ0n) is 16.8.